The predicted octanol–water partition coefficient (Wildman–Crippen LogP) is 5.36. The second kappa shape index (κ2) is 19.7. The van der Waals surface area contributed by atoms with E-state index >= 15 is 0 Å². The normalized spacial score (nSPS) is 14.4. The van der Waals surface area contributed by atoms with Crippen LogP contribution in [0.2, 0.25) is 0 Å². The highest BCUT2D eigenvalue weighted by molar-refractivity contribution is 5.79. The van der Waals surface area contributed by atoms with Crippen molar-refractivity contribution < 1.29 is 24.1 Å². The molecule has 0 aliphatic heterocycles. The van der Waals surface area contributed by atoms with Gasteiger partial charge in [-0.15, -0.1) is 0 Å². The number of nitrogens with zero attached hydrogens (tertiary/aromatic N) is 1. The van der Waals surface area contributed by atoms with Gasteiger partial charge in [0.2, 0.25) is 5.91 Å². The molecular weight excluding hydrogens is 506 g/mol. The van der Waals surface area contributed by atoms with Gasteiger partial charge in [-0.2, -0.15) is 5.26 Å². The molecule has 8 heteroatoms. The summed E-state index contributed by atoms with van der Waals surface area (Å²) in [4.78, 5) is 12.9. The average molecular weight is 564 g/mol. The van der Waals surface area contributed by atoms with Crippen molar-refractivity contribution >= 4 is 5.91 Å². The lowest BCUT2D eigenvalue weighted by atomic mass is 9.80. The molecule has 8 nitrogen and oxygen atoms in total. The molecule has 0 aliphatic rings. The molecule has 40 heavy (non-hydrogen) atoms. The fourth-order valence-corrected chi connectivity index (χ4v) is 4.34. The van der Waals surface area contributed by atoms with Crippen molar-refractivity contribution in [2.75, 3.05) is 34.0 Å². The number of aliphatic hydroxyl groups excluding tert-OH is 1. The van der Waals surface area contributed by atoms with Gasteiger partial charge in [-0.05, 0) is 68.6 Å². The van der Waals surface area contributed by atoms with Crippen LogP contribution in [0.3, 0.4) is 0 Å². The van der Waals surface area contributed by atoms with Crippen molar-refractivity contribution in [2.45, 2.75) is 93.2 Å². The highest BCUT2D eigenvalue weighted by Crippen LogP contribution is 2.32. The lowest BCUT2D eigenvalue weighted by molar-refractivity contribution is -0.128. The average Bonchev–Trinajstić information content (AvgIpc) is 2.93. The van der Waals surface area contributed by atoms with Crippen molar-refractivity contribution in [2.24, 2.45) is 34.8 Å². The second-order valence-electron chi connectivity index (χ2n) is 11.7. The maximum Gasteiger partial charge on any atom is 0.223 e. The molecule has 0 bridgehead atoms. The van der Waals surface area contributed by atoms with Gasteiger partial charge in [-0.25, -0.2) is 0 Å². The van der Waals surface area contributed by atoms with Crippen molar-refractivity contribution in [1.29, 1.82) is 5.26 Å². The van der Waals surface area contributed by atoms with Crippen LogP contribution in [-0.4, -0.2) is 57.1 Å². The van der Waals surface area contributed by atoms with E-state index in [1.165, 1.54) is 0 Å². The molecule has 0 saturated heterocycles. The number of nitrogens with one attached hydrogen (secondary N) is 1. The Morgan fingerprint density at radius 3 is 2.25 bits per heavy atom. The van der Waals surface area contributed by atoms with Crippen LogP contribution in [0, 0.1) is 40.4 Å². The zero-order valence-corrected chi connectivity index (χ0v) is 26.8. The van der Waals surface area contributed by atoms with Gasteiger partial charge >= 0.3 is 0 Å². The van der Waals surface area contributed by atoms with Crippen molar-refractivity contribution in [3.8, 4) is 17.6 Å². The number of benzene rings is 1. The zero-order chi connectivity index (χ0) is 30.9. The number of ether oxygens (including phenoxy) is 3. The van der Waals surface area contributed by atoms with E-state index in [1.54, 1.807) is 28.1 Å². The van der Waals surface area contributed by atoms with Gasteiger partial charge in [-0.3, -0.25) is 4.79 Å². The number of nitriles is 1. The predicted molar refractivity (Wildman–Crippen MR) is 162 cm³/mol. The lowest BCUT2D eigenvalue weighted by Crippen LogP contribution is -2.44. The number of rotatable bonds is 18. The second-order valence-corrected chi connectivity index (χ2v) is 11.7. The molecule has 0 radical (unpaired) electrons. The van der Waals surface area contributed by atoms with E-state index in [1.807, 2.05) is 45.9 Å². The maximum absolute atomic E-state index is 12.9. The fraction of sp³-hybridized carbons (Fsp3) is 0.750. The highest BCUT2D eigenvalue weighted by Gasteiger charge is 2.30. The first-order valence-electron chi connectivity index (χ1n) is 14.8. The summed E-state index contributed by atoms with van der Waals surface area (Å²) < 4.78 is 16.5. The largest absolute Gasteiger partial charge is 0.493 e. The van der Waals surface area contributed by atoms with Crippen LogP contribution < -0.4 is 20.5 Å². The molecule has 0 heterocycles. The van der Waals surface area contributed by atoms with Gasteiger partial charge in [0, 0.05) is 38.6 Å². The van der Waals surface area contributed by atoms with Gasteiger partial charge in [0.1, 0.15) is 0 Å². The van der Waals surface area contributed by atoms with Crippen LogP contribution in [0.4, 0.5) is 0 Å². The molecule has 1 aromatic rings. The van der Waals surface area contributed by atoms with E-state index in [2.05, 4.69) is 25.2 Å². The molecule has 0 aromatic heterocycles. The Hall–Kier alpha value is -2.34. The third-order valence-corrected chi connectivity index (χ3v) is 7.13. The molecule has 1 aromatic carbocycles. The third kappa shape index (κ3) is 13.8. The molecule has 4 unspecified atom stereocenters. The Balaban J connectivity index is 0.00000742. The Kier molecular flexibility index (Phi) is 18.5. The molecule has 230 valence electrons. The molecule has 0 saturated carbocycles. The van der Waals surface area contributed by atoms with Crippen molar-refractivity contribution in [1.82, 2.24) is 5.32 Å². The van der Waals surface area contributed by atoms with E-state index in [0.29, 0.717) is 37.1 Å². The summed E-state index contributed by atoms with van der Waals surface area (Å²) in [6.07, 6.45) is 1.67. The fourth-order valence-electron chi connectivity index (χ4n) is 4.34. The minimum absolute atomic E-state index is 0.0320. The quantitative estimate of drug-likeness (QED) is 0.205. The zero-order valence-electron chi connectivity index (χ0n) is 26.8. The first-order chi connectivity index (χ1) is 18.8. The van der Waals surface area contributed by atoms with E-state index < -0.39 is 17.6 Å². The summed E-state index contributed by atoms with van der Waals surface area (Å²) in [5, 5.41) is 23.1. The van der Waals surface area contributed by atoms with Gasteiger partial charge < -0.3 is 30.4 Å². The summed E-state index contributed by atoms with van der Waals surface area (Å²) in [6.45, 7) is 17.3. The molecular formula is C32H57N3O5. The monoisotopic (exact) mass is 563 g/mol. The van der Waals surface area contributed by atoms with Crippen LogP contribution in [0.1, 0.15) is 80.2 Å². The third-order valence-electron chi connectivity index (χ3n) is 7.13. The van der Waals surface area contributed by atoms with Crippen LogP contribution >= 0.6 is 0 Å². The van der Waals surface area contributed by atoms with Crippen molar-refractivity contribution in [3.05, 3.63) is 23.8 Å². The van der Waals surface area contributed by atoms with E-state index in [0.717, 1.165) is 18.4 Å². The summed E-state index contributed by atoms with van der Waals surface area (Å²) in [7, 11) is 3.30. The smallest absolute Gasteiger partial charge is 0.223 e. The standard InChI is InChI=1S/C30H51N3O5.C2H6/c1-20(2)23(14-22-10-11-27(37-8)28(15-22)38-13-9-12-36-7)16-25(32)26(34)17-24(21(3)4)29(35)33-19-30(5,6)18-31;1-2/h10-11,15,20-21,23-26,34H,9,12-14,16-17,19,32H2,1-8H3,(H,33,35);1-2H3. The van der Waals surface area contributed by atoms with E-state index in [-0.39, 0.29) is 36.6 Å². The Labute approximate surface area is 244 Å². The Morgan fingerprint density at radius 1 is 1.07 bits per heavy atom. The summed E-state index contributed by atoms with van der Waals surface area (Å²) in [5.74, 6) is 1.48. The molecule has 0 fully saturated rings. The van der Waals surface area contributed by atoms with Gasteiger partial charge in [0.25, 0.3) is 0 Å². The topological polar surface area (TPSA) is 127 Å². The Bertz CT molecular complexity index is 882. The summed E-state index contributed by atoms with van der Waals surface area (Å²) >= 11 is 0. The molecule has 4 N–H and O–H groups in total. The first-order valence-corrected chi connectivity index (χ1v) is 14.8. The number of carbonyl (C=O) groups excluding carboxylic acids is 1. The van der Waals surface area contributed by atoms with Crippen LogP contribution in [-0.2, 0) is 16.0 Å². The van der Waals surface area contributed by atoms with E-state index in [4.69, 9.17) is 19.9 Å². The van der Waals surface area contributed by atoms with Crippen LogP contribution in [0.15, 0.2) is 18.2 Å². The molecule has 1 amide bonds. The number of amides is 1. The summed E-state index contributed by atoms with van der Waals surface area (Å²) in [6, 6.07) is 7.72. The molecule has 1 rings (SSSR count). The van der Waals surface area contributed by atoms with Gasteiger partial charge in [0.15, 0.2) is 11.5 Å². The van der Waals surface area contributed by atoms with Gasteiger partial charge in [0.05, 0.1) is 31.3 Å². The molecule has 4 atom stereocenters. The minimum atomic E-state index is -0.811. The lowest BCUT2D eigenvalue weighted by Gasteiger charge is -2.30. The SMILES string of the molecule is CC.COCCCOc1cc(CC(CC(N)C(O)CC(C(=O)NCC(C)(C)C#N)C(C)C)C(C)C)ccc1OC. The van der Waals surface area contributed by atoms with E-state index in [9.17, 15) is 15.2 Å². The van der Waals surface area contributed by atoms with Crippen LogP contribution in [0.5, 0.6) is 11.5 Å². The number of hydrogen-bond acceptors (Lipinski definition) is 7. The minimum Gasteiger partial charge on any atom is -0.493 e. The summed E-state index contributed by atoms with van der Waals surface area (Å²) in [5.41, 5.74) is 6.98. The number of carbonyl (C=O) groups is 1. The molecule has 0 spiro atoms. The van der Waals surface area contributed by atoms with Gasteiger partial charge in [-0.1, -0.05) is 47.6 Å². The molecule has 0 aliphatic carbocycles. The maximum atomic E-state index is 12.9. The van der Waals surface area contributed by atoms with Crippen LogP contribution in [0.25, 0.3) is 0 Å². The Morgan fingerprint density at radius 2 is 1.73 bits per heavy atom. The number of nitrogens with two attached hydrogens (primary N) is 1. The number of aliphatic hydroxyl groups is 1. The van der Waals surface area contributed by atoms with Crippen molar-refractivity contribution in [3.63, 3.8) is 0 Å². The first kappa shape index (κ1) is 37.7. The number of methoxy groups -OCH3 is 2. The highest BCUT2D eigenvalue weighted by atomic mass is 16.5. The number of hydrogen-bond donors (Lipinski definition) is 3.